The first-order valence-electron chi connectivity index (χ1n) is 23.9. The van der Waals surface area contributed by atoms with Gasteiger partial charge in [0.25, 0.3) is 0 Å². The Morgan fingerprint density at radius 1 is 0.678 bits per heavy atom. The monoisotopic (exact) mass is 806 g/mol. The third kappa shape index (κ3) is 12.7. The van der Waals surface area contributed by atoms with E-state index in [1.165, 1.54) is 96.3 Å². The van der Waals surface area contributed by atoms with Crippen LogP contribution in [0.25, 0.3) is 11.1 Å². The predicted molar refractivity (Wildman–Crippen MR) is 240 cm³/mol. The van der Waals surface area contributed by atoms with Crippen LogP contribution in [-0.2, 0) is 22.6 Å². The fourth-order valence-electron chi connectivity index (χ4n) is 11.3. The van der Waals surface area contributed by atoms with Crippen molar-refractivity contribution in [3.05, 3.63) is 95.1 Å². The quantitative estimate of drug-likeness (QED) is 0.0832. The molecule has 7 heteroatoms. The summed E-state index contributed by atoms with van der Waals surface area (Å²) in [6.45, 7) is 8.24. The van der Waals surface area contributed by atoms with Gasteiger partial charge in [-0.1, -0.05) is 139 Å². The normalized spacial score (nSPS) is 26.0. The van der Waals surface area contributed by atoms with Crippen LogP contribution in [0.5, 0.6) is 0 Å². The first-order chi connectivity index (χ1) is 28.9. The number of aliphatic hydroxyl groups excluding tert-OH is 1. The lowest BCUT2D eigenvalue weighted by Crippen LogP contribution is -2.61. The number of rotatable bonds is 23. The number of urea groups is 1. The van der Waals surface area contributed by atoms with Crippen LogP contribution in [0.4, 0.5) is 4.79 Å². The predicted octanol–water partition coefficient (Wildman–Crippen LogP) is 12.2. The van der Waals surface area contributed by atoms with Crippen molar-refractivity contribution in [2.75, 3.05) is 19.6 Å². The summed E-state index contributed by atoms with van der Waals surface area (Å²) in [6.07, 6.45) is 23.4. The Kier molecular flexibility index (Phi) is 16.4. The Hall–Kier alpha value is -3.23. The van der Waals surface area contributed by atoms with Crippen LogP contribution in [0.15, 0.2) is 72.8 Å². The molecule has 0 unspecified atom stereocenters. The van der Waals surface area contributed by atoms with E-state index in [2.05, 4.69) is 90.0 Å². The molecule has 2 amide bonds. The first kappa shape index (κ1) is 43.8. The molecule has 5 aliphatic rings. The minimum absolute atomic E-state index is 0.00529. The van der Waals surface area contributed by atoms with Gasteiger partial charge in [0.2, 0.25) is 0 Å². The molecule has 3 aromatic carbocycles. The van der Waals surface area contributed by atoms with Crippen molar-refractivity contribution in [2.24, 2.45) is 17.8 Å². The summed E-state index contributed by atoms with van der Waals surface area (Å²) < 4.78 is 13.8. The average molecular weight is 806 g/mol. The number of amides is 2. The van der Waals surface area contributed by atoms with E-state index >= 15 is 0 Å². The molecular formula is C52H75N3O4. The molecule has 5 fully saturated rings. The van der Waals surface area contributed by atoms with E-state index in [1.54, 1.807) is 0 Å². The number of carbonyl (C=O) groups is 1. The van der Waals surface area contributed by atoms with Crippen LogP contribution >= 0.6 is 0 Å². The Morgan fingerprint density at radius 3 is 1.90 bits per heavy atom. The zero-order chi connectivity index (χ0) is 40.9. The maximum Gasteiger partial charge on any atom is 0.315 e. The van der Waals surface area contributed by atoms with Crippen molar-refractivity contribution < 1.29 is 19.4 Å². The molecule has 0 aromatic heterocycles. The van der Waals surface area contributed by atoms with Gasteiger partial charge in [-0.15, -0.1) is 0 Å². The molecular weight excluding hydrogens is 731 g/mol. The molecule has 8 rings (SSSR count). The van der Waals surface area contributed by atoms with Gasteiger partial charge >= 0.3 is 6.03 Å². The van der Waals surface area contributed by atoms with Crippen LogP contribution in [0.2, 0.25) is 0 Å². The molecule has 0 spiro atoms. The second-order valence-corrected chi connectivity index (χ2v) is 19.0. The summed E-state index contributed by atoms with van der Waals surface area (Å²) in [6, 6.07) is 25.4. The molecule has 322 valence electrons. The summed E-state index contributed by atoms with van der Waals surface area (Å²) in [4.78, 5) is 15.9. The number of nitrogens with one attached hydrogen (secondary N) is 2. The molecule has 4 saturated carbocycles. The number of hydrogen-bond donors (Lipinski definition) is 3. The van der Waals surface area contributed by atoms with E-state index in [1.807, 2.05) is 12.1 Å². The zero-order valence-corrected chi connectivity index (χ0v) is 36.5. The van der Waals surface area contributed by atoms with Crippen molar-refractivity contribution in [2.45, 2.75) is 173 Å². The largest absolute Gasteiger partial charge is 0.392 e. The van der Waals surface area contributed by atoms with E-state index in [4.69, 9.17) is 9.47 Å². The standard InChI is InChI=1S/C52H75N3O4/c1-3-5-7-9-11-13-25-55(26-14-12-10-8-6-4-2)37-48-32-49(44-23-21-39(38-56)22-24-44)59-50(58-48)47-20-16-19-46(31-47)45-18-15-17-40(30-45)36-53-51(57)54-52-33-41-27-42(34-52)29-43(28-41)35-52/h15-24,30-31,41-43,48-50,56H,3-14,25-29,32-38H2,1-2H3,(H2,53,54,57)/t41?,42?,43?,48-,49+,50+,52?/m0/s1. The minimum Gasteiger partial charge on any atom is -0.392 e. The number of aliphatic hydroxyl groups is 1. The van der Waals surface area contributed by atoms with Crippen molar-refractivity contribution >= 4 is 6.03 Å². The van der Waals surface area contributed by atoms with Gasteiger partial charge in [0, 0.05) is 30.6 Å². The van der Waals surface area contributed by atoms with E-state index < -0.39 is 6.29 Å². The SMILES string of the molecule is CCCCCCCCN(CCCCCCCC)C[C@@H]1C[C@H](c2ccc(CO)cc2)O[C@H](c2cccc(-c3cccc(CNC(=O)NC45CC6CC(CC(C6)C4)C5)c3)c2)O1. The highest BCUT2D eigenvalue weighted by Gasteiger charge is 2.51. The van der Waals surface area contributed by atoms with Crippen LogP contribution in [0, 0.1) is 17.8 Å². The number of carbonyl (C=O) groups excluding carboxylic acids is 1. The van der Waals surface area contributed by atoms with E-state index in [0.717, 1.165) is 96.5 Å². The lowest BCUT2D eigenvalue weighted by molar-refractivity contribution is -0.253. The molecule has 1 aliphatic heterocycles. The molecule has 4 bridgehead atoms. The summed E-state index contributed by atoms with van der Waals surface area (Å²) in [5.74, 6) is 2.40. The van der Waals surface area contributed by atoms with Crippen LogP contribution < -0.4 is 10.6 Å². The highest BCUT2D eigenvalue weighted by atomic mass is 16.7. The third-order valence-corrected chi connectivity index (χ3v) is 14.0. The Bertz CT molecular complexity index is 1680. The Labute approximate surface area is 356 Å². The van der Waals surface area contributed by atoms with E-state index in [0.29, 0.717) is 6.54 Å². The molecule has 3 N–H and O–H groups in total. The topological polar surface area (TPSA) is 83.1 Å². The summed E-state index contributed by atoms with van der Waals surface area (Å²) in [5, 5.41) is 16.4. The zero-order valence-electron chi connectivity index (χ0n) is 36.5. The summed E-state index contributed by atoms with van der Waals surface area (Å²) >= 11 is 0. The van der Waals surface area contributed by atoms with Gasteiger partial charge in [0.05, 0.1) is 18.8 Å². The second-order valence-electron chi connectivity index (χ2n) is 19.0. The number of hydrogen-bond acceptors (Lipinski definition) is 5. The average Bonchev–Trinajstić information content (AvgIpc) is 3.24. The number of ether oxygens (including phenoxy) is 2. The Morgan fingerprint density at radius 2 is 1.27 bits per heavy atom. The van der Waals surface area contributed by atoms with Crippen LogP contribution in [0.3, 0.4) is 0 Å². The first-order valence-corrected chi connectivity index (χ1v) is 23.9. The highest BCUT2D eigenvalue weighted by molar-refractivity contribution is 5.75. The summed E-state index contributed by atoms with van der Waals surface area (Å²) in [7, 11) is 0. The van der Waals surface area contributed by atoms with Gasteiger partial charge in [-0.2, -0.15) is 0 Å². The lowest BCUT2D eigenvalue weighted by atomic mass is 9.53. The molecule has 3 aromatic rings. The van der Waals surface area contributed by atoms with Crippen LogP contribution in [0.1, 0.15) is 170 Å². The molecule has 59 heavy (non-hydrogen) atoms. The molecule has 3 atom stereocenters. The second kappa shape index (κ2) is 22.0. The van der Waals surface area contributed by atoms with Crippen molar-refractivity contribution in [1.29, 1.82) is 0 Å². The molecule has 1 heterocycles. The smallest absolute Gasteiger partial charge is 0.315 e. The molecule has 4 aliphatic carbocycles. The fourth-order valence-corrected chi connectivity index (χ4v) is 11.3. The van der Waals surface area contributed by atoms with Gasteiger partial charge in [0.1, 0.15) is 0 Å². The number of unbranched alkanes of at least 4 members (excludes halogenated alkanes) is 10. The number of nitrogens with zero attached hydrogens (tertiary/aromatic N) is 1. The van der Waals surface area contributed by atoms with Gasteiger partial charge < -0.3 is 30.1 Å². The Balaban J connectivity index is 1.01. The lowest BCUT2D eigenvalue weighted by Gasteiger charge is -2.56. The van der Waals surface area contributed by atoms with Crippen molar-refractivity contribution in [3.63, 3.8) is 0 Å². The summed E-state index contributed by atoms with van der Waals surface area (Å²) in [5.41, 5.74) is 6.36. The minimum atomic E-state index is -0.501. The van der Waals surface area contributed by atoms with Crippen LogP contribution in [-0.4, -0.2) is 47.3 Å². The molecule has 1 saturated heterocycles. The highest BCUT2D eigenvalue weighted by Crippen LogP contribution is 2.55. The third-order valence-electron chi connectivity index (χ3n) is 14.0. The molecule has 0 radical (unpaired) electrons. The maximum atomic E-state index is 13.3. The van der Waals surface area contributed by atoms with E-state index in [-0.39, 0.29) is 30.4 Å². The van der Waals surface area contributed by atoms with E-state index in [9.17, 15) is 9.90 Å². The molecule has 7 nitrogen and oxygen atoms in total. The number of benzene rings is 3. The van der Waals surface area contributed by atoms with Gasteiger partial charge in [-0.25, -0.2) is 4.79 Å². The maximum absolute atomic E-state index is 13.3. The van der Waals surface area contributed by atoms with Crippen molar-refractivity contribution in [1.82, 2.24) is 15.5 Å². The van der Waals surface area contributed by atoms with Gasteiger partial charge in [-0.05, 0) is 122 Å². The van der Waals surface area contributed by atoms with Crippen molar-refractivity contribution in [3.8, 4) is 11.1 Å². The fraction of sp³-hybridized carbons (Fsp3) is 0.635. The van der Waals surface area contributed by atoms with Gasteiger partial charge in [0.15, 0.2) is 6.29 Å². The van der Waals surface area contributed by atoms with Gasteiger partial charge in [-0.3, -0.25) is 0 Å².